The Labute approximate surface area is 147 Å². The van der Waals surface area contributed by atoms with E-state index in [1.807, 2.05) is 4.57 Å². The lowest BCUT2D eigenvalue weighted by Gasteiger charge is -2.32. The summed E-state index contributed by atoms with van der Waals surface area (Å²) in [6, 6.07) is 17.7. The molecule has 2 heterocycles. The Morgan fingerprint density at radius 1 is 0.920 bits per heavy atom. The number of hydrogen-bond acceptors (Lipinski definition) is 4. The molecule has 1 atom stereocenters. The van der Waals surface area contributed by atoms with Crippen LogP contribution in [0.3, 0.4) is 0 Å². The first-order valence-electron chi connectivity index (χ1n) is 8.68. The van der Waals surface area contributed by atoms with Crippen LogP contribution in [0.1, 0.15) is 18.5 Å². The third-order valence-corrected chi connectivity index (χ3v) is 4.88. The molecule has 0 radical (unpaired) electrons. The average Bonchev–Trinajstić information content (AvgIpc) is 3.23. The quantitative estimate of drug-likeness (QED) is 0.734. The van der Waals surface area contributed by atoms with E-state index in [1.165, 1.54) is 16.7 Å². The summed E-state index contributed by atoms with van der Waals surface area (Å²) in [4.78, 5) is 2.48. The van der Waals surface area contributed by atoms with E-state index >= 15 is 0 Å². The summed E-state index contributed by atoms with van der Waals surface area (Å²) in [5.41, 5.74) is 4.82. The molecule has 4 rings (SSSR count). The second-order valence-corrected chi connectivity index (χ2v) is 6.37. The molecule has 0 unspecified atom stereocenters. The Bertz CT molecular complexity index is 808. The molecule has 5 heteroatoms. The van der Waals surface area contributed by atoms with Gasteiger partial charge in [-0.2, -0.15) is 0 Å². The minimum Gasteiger partial charge on any atom is -0.379 e. The maximum Gasteiger partial charge on any atom is 0.123 e. The van der Waals surface area contributed by atoms with Crippen molar-refractivity contribution in [3.05, 3.63) is 66.7 Å². The van der Waals surface area contributed by atoms with E-state index in [-0.39, 0.29) is 0 Å². The van der Waals surface area contributed by atoms with Crippen LogP contribution in [0, 0.1) is 0 Å². The van der Waals surface area contributed by atoms with E-state index in [2.05, 4.69) is 70.6 Å². The van der Waals surface area contributed by atoms with Gasteiger partial charge in [-0.3, -0.25) is 9.47 Å². The zero-order valence-corrected chi connectivity index (χ0v) is 14.4. The van der Waals surface area contributed by atoms with Crippen LogP contribution in [0.25, 0.3) is 16.8 Å². The molecule has 0 spiro atoms. The molecule has 3 aromatic rings. The number of nitrogens with zero attached hydrogens (tertiary/aromatic N) is 4. The summed E-state index contributed by atoms with van der Waals surface area (Å²) in [7, 11) is 0. The lowest BCUT2D eigenvalue weighted by Crippen LogP contribution is -2.37. The van der Waals surface area contributed by atoms with Crippen LogP contribution in [0.2, 0.25) is 0 Å². The molecule has 0 saturated carbocycles. The fourth-order valence-corrected chi connectivity index (χ4v) is 3.31. The maximum atomic E-state index is 5.45. The topological polar surface area (TPSA) is 43.2 Å². The second-order valence-electron chi connectivity index (χ2n) is 6.37. The van der Waals surface area contributed by atoms with E-state index in [1.54, 1.807) is 12.7 Å². The number of hydrogen-bond donors (Lipinski definition) is 0. The maximum absolute atomic E-state index is 5.45. The minimum atomic E-state index is 0.418. The summed E-state index contributed by atoms with van der Waals surface area (Å²) in [5.74, 6) is 0. The zero-order chi connectivity index (χ0) is 17.1. The van der Waals surface area contributed by atoms with Crippen molar-refractivity contribution in [2.24, 2.45) is 0 Å². The van der Waals surface area contributed by atoms with Crippen molar-refractivity contribution in [3.63, 3.8) is 0 Å². The normalized spacial score (nSPS) is 16.7. The van der Waals surface area contributed by atoms with Gasteiger partial charge in [-0.05, 0) is 35.7 Å². The van der Waals surface area contributed by atoms with Crippen LogP contribution in [0.4, 0.5) is 0 Å². The van der Waals surface area contributed by atoms with Crippen LogP contribution >= 0.6 is 0 Å². The lowest BCUT2D eigenvalue weighted by atomic mass is 10.00. The molecule has 0 N–H and O–H groups in total. The van der Waals surface area contributed by atoms with Gasteiger partial charge >= 0.3 is 0 Å². The van der Waals surface area contributed by atoms with Crippen LogP contribution in [0.15, 0.2) is 61.2 Å². The molecule has 25 heavy (non-hydrogen) atoms. The SMILES string of the molecule is C[C@H](c1ccc(-c2cccc(-n3cnnc3)c2)cc1)N1CCOCC1. The zero-order valence-electron chi connectivity index (χ0n) is 14.4. The van der Waals surface area contributed by atoms with Gasteiger partial charge in [0.05, 0.1) is 13.2 Å². The number of rotatable bonds is 4. The van der Waals surface area contributed by atoms with Crippen molar-refractivity contribution in [1.29, 1.82) is 0 Å². The van der Waals surface area contributed by atoms with Crippen molar-refractivity contribution in [2.45, 2.75) is 13.0 Å². The summed E-state index contributed by atoms with van der Waals surface area (Å²) in [5, 5.41) is 7.75. The average molecular weight is 334 g/mol. The Kier molecular flexibility index (Phi) is 4.59. The van der Waals surface area contributed by atoms with Gasteiger partial charge in [-0.25, -0.2) is 0 Å². The summed E-state index contributed by atoms with van der Waals surface area (Å²) in [6.45, 7) is 5.94. The van der Waals surface area contributed by atoms with Gasteiger partial charge in [0.15, 0.2) is 0 Å². The third-order valence-electron chi connectivity index (χ3n) is 4.88. The molecule has 5 nitrogen and oxygen atoms in total. The van der Waals surface area contributed by atoms with Crippen molar-refractivity contribution in [3.8, 4) is 16.8 Å². The van der Waals surface area contributed by atoms with E-state index in [0.717, 1.165) is 32.0 Å². The van der Waals surface area contributed by atoms with Crippen LogP contribution in [0.5, 0.6) is 0 Å². The standard InChI is InChI=1S/C20H22N4O/c1-16(23-9-11-25-12-10-23)17-5-7-18(8-6-17)19-3-2-4-20(13-19)24-14-21-22-15-24/h2-8,13-16H,9-12H2,1H3/t16-/m1/s1. The number of aromatic nitrogens is 3. The molecule has 1 fully saturated rings. The van der Waals surface area contributed by atoms with E-state index in [4.69, 9.17) is 4.74 Å². The van der Waals surface area contributed by atoms with Gasteiger partial charge in [-0.1, -0.05) is 36.4 Å². The predicted octanol–water partition coefficient (Wildman–Crippen LogP) is 3.33. The molecule has 128 valence electrons. The molecule has 1 saturated heterocycles. The largest absolute Gasteiger partial charge is 0.379 e. The smallest absolute Gasteiger partial charge is 0.123 e. The summed E-state index contributed by atoms with van der Waals surface area (Å²) < 4.78 is 7.37. The molecule has 2 aromatic carbocycles. The Hall–Kier alpha value is -2.50. The fraction of sp³-hybridized carbons (Fsp3) is 0.300. The first kappa shape index (κ1) is 16.0. The highest BCUT2D eigenvalue weighted by Gasteiger charge is 2.18. The highest BCUT2D eigenvalue weighted by Crippen LogP contribution is 2.26. The molecule has 0 aliphatic carbocycles. The monoisotopic (exact) mass is 334 g/mol. The molecular weight excluding hydrogens is 312 g/mol. The molecule has 0 bridgehead atoms. The molecule has 0 amide bonds. The molecule has 1 aromatic heterocycles. The van der Waals surface area contributed by atoms with Crippen molar-refractivity contribution < 1.29 is 4.74 Å². The fourth-order valence-electron chi connectivity index (χ4n) is 3.31. The highest BCUT2D eigenvalue weighted by atomic mass is 16.5. The van der Waals surface area contributed by atoms with Gasteiger partial charge in [0.1, 0.15) is 12.7 Å². The van der Waals surface area contributed by atoms with E-state index in [0.29, 0.717) is 6.04 Å². The minimum absolute atomic E-state index is 0.418. The van der Waals surface area contributed by atoms with Gasteiger partial charge < -0.3 is 4.74 Å². The van der Waals surface area contributed by atoms with Crippen LogP contribution < -0.4 is 0 Å². The second kappa shape index (κ2) is 7.17. The first-order chi connectivity index (χ1) is 12.3. The van der Waals surface area contributed by atoms with Crippen molar-refractivity contribution in [2.75, 3.05) is 26.3 Å². The molecular formula is C20H22N4O. The first-order valence-corrected chi connectivity index (χ1v) is 8.68. The van der Waals surface area contributed by atoms with Gasteiger partial charge in [0, 0.05) is 24.8 Å². The molecule has 1 aliphatic heterocycles. The summed E-state index contributed by atoms with van der Waals surface area (Å²) in [6.07, 6.45) is 3.43. The highest BCUT2D eigenvalue weighted by molar-refractivity contribution is 5.66. The Morgan fingerprint density at radius 2 is 1.64 bits per heavy atom. The van der Waals surface area contributed by atoms with E-state index in [9.17, 15) is 0 Å². The Balaban J connectivity index is 1.55. The summed E-state index contributed by atoms with van der Waals surface area (Å²) >= 11 is 0. The van der Waals surface area contributed by atoms with Gasteiger partial charge in [0.25, 0.3) is 0 Å². The molecule has 1 aliphatic rings. The number of benzene rings is 2. The predicted molar refractivity (Wildman–Crippen MR) is 97.6 cm³/mol. The van der Waals surface area contributed by atoms with Crippen LogP contribution in [-0.2, 0) is 4.74 Å². The van der Waals surface area contributed by atoms with Crippen LogP contribution in [-0.4, -0.2) is 46.0 Å². The van der Waals surface area contributed by atoms with Gasteiger partial charge in [0.2, 0.25) is 0 Å². The van der Waals surface area contributed by atoms with E-state index < -0.39 is 0 Å². The van der Waals surface area contributed by atoms with Crippen molar-refractivity contribution in [1.82, 2.24) is 19.7 Å². The number of ether oxygens (including phenoxy) is 1. The third kappa shape index (κ3) is 3.48. The Morgan fingerprint density at radius 3 is 2.36 bits per heavy atom. The van der Waals surface area contributed by atoms with Gasteiger partial charge in [-0.15, -0.1) is 10.2 Å². The lowest BCUT2D eigenvalue weighted by molar-refractivity contribution is 0.0198. The number of morpholine rings is 1. The van der Waals surface area contributed by atoms with Crippen molar-refractivity contribution >= 4 is 0 Å².